The van der Waals surface area contributed by atoms with Gasteiger partial charge in [0.1, 0.15) is 12.1 Å². The molecule has 1 aromatic heterocycles. The van der Waals surface area contributed by atoms with Gasteiger partial charge in [-0.25, -0.2) is 9.37 Å². The molecule has 0 spiro atoms. The molecular formula is C23H17FN4O. The molecule has 1 fully saturated rings. The van der Waals surface area contributed by atoms with E-state index < -0.39 is 6.04 Å². The average Bonchev–Trinajstić information content (AvgIpc) is 3.51. The molecule has 2 aromatic carbocycles. The summed E-state index contributed by atoms with van der Waals surface area (Å²) in [6.07, 6.45) is 7.24. The Morgan fingerprint density at radius 2 is 2.00 bits per heavy atom. The van der Waals surface area contributed by atoms with Crippen LogP contribution in [0, 0.1) is 18.2 Å². The fourth-order valence-electron chi connectivity index (χ4n) is 3.73. The van der Waals surface area contributed by atoms with E-state index in [4.69, 9.17) is 11.4 Å². The highest BCUT2D eigenvalue weighted by molar-refractivity contribution is 6.15. The number of hydrogen-bond donors (Lipinski definition) is 0. The third-order valence-electron chi connectivity index (χ3n) is 5.27. The number of amides is 1. The van der Waals surface area contributed by atoms with Gasteiger partial charge in [-0.2, -0.15) is 0 Å². The highest BCUT2D eigenvalue weighted by Gasteiger charge is 2.34. The number of carbonyl (C=O) groups excluding carboxylic acids is 1. The van der Waals surface area contributed by atoms with Crippen molar-refractivity contribution in [3.8, 4) is 18.0 Å². The number of aromatic nitrogens is 2. The topological polar surface area (TPSA) is 50.3 Å². The van der Waals surface area contributed by atoms with E-state index in [0.29, 0.717) is 33.8 Å². The van der Waals surface area contributed by atoms with E-state index >= 15 is 0 Å². The number of rotatable bonds is 2. The number of terminal acetylenes is 1. The van der Waals surface area contributed by atoms with Gasteiger partial charge in [0.2, 0.25) is 0 Å². The molecule has 0 aliphatic carbocycles. The maximum atomic E-state index is 14.7. The van der Waals surface area contributed by atoms with Crippen LogP contribution in [0.2, 0.25) is 0 Å². The monoisotopic (exact) mass is 384 g/mol. The van der Waals surface area contributed by atoms with E-state index in [-0.39, 0.29) is 11.7 Å². The maximum absolute atomic E-state index is 14.7. The van der Waals surface area contributed by atoms with Crippen LogP contribution >= 0.6 is 0 Å². The van der Waals surface area contributed by atoms with Crippen molar-refractivity contribution < 1.29 is 9.18 Å². The van der Waals surface area contributed by atoms with Gasteiger partial charge in [-0.3, -0.25) is 14.4 Å². The molecule has 2 aliphatic rings. The smallest absolute Gasteiger partial charge is 0.274 e. The summed E-state index contributed by atoms with van der Waals surface area (Å²) in [5.74, 6) is 2.17. The zero-order valence-corrected chi connectivity index (χ0v) is 15.8. The van der Waals surface area contributed by atoms with E-state index in [1.165, 1.54) is 6.07 Å². The van der Waals surface area contributed by atoms with Crippen LogP contribution in [-0.2, 0) is 0 Å². The quantitative estimate of drug-likeness (QED) is 0.503. The Kier molecular flexibility index (Phi) is 3.85. The lowest BCUT2D eigenvalue weighted by molar-refractivity contribution is 0.0879. The second-order valence-electron chi connectivity index (χ2n) is 7.15. The van der Waals surface area contributed by atoms with Gasteiger partial charge in [-0.05, 0) is 37.3 Å². The summed E-state index contributed by atoms with van der Waals surface area (Å²) < 4.78 is 16.6. The summed E-state index contributed by atoms with van der Waals surface area (Å²) in [6, 6.07) is 11.7. The molecule has 3 heterocycles. The van der Waals surface area contributed by atoms with Gasteiger partial charge in [-0.1, -0.05) is 18.1 Å². The van der Waals surface area contributed by atoms with Crippen LogP contribution in [0.5, 0.6) is 0 Å². The van der Waals surface area contributed by atoms with Gasteiger partial charge in [-0.15, -0.1) is 6.42 Å². The number of aliphatic imine (C=N–C) groups is 1. The summed E-state index contributed by atoms with van der Waals surface area (Å²) in [6.45, 7) is 3.37. The molecule has 0 bridgehead atoms. The van der Waals surface area contributed by atoms with Crippen LogP contribution in [0.3, 0.4) is 0 Å². The van der Waals surface area contributed by atoms with E-state index in [2.05, 4.69) is 10.9 Å². The lowest BCUT2D eigenvalue weighted by Crippen LogP contribution is -2.15. The van der Waals surface area contributed by atoms with Crippen molar-refractivity contribution in [3.05, 3.63) is 82.7 Å². The molecule has 1 atom stereocenters. The minimum absolute atomic E-state index is 0.100. The molecule has 5 nitrogen and oxygen atoms in total. The van der Waals surface area contributed by atoms with E-state index in [1.807, 2.05) is 29.7 Å². The highest BCUT2D eigenvalue weighted by atomic mass is 19.1. The zero-order valence-electron chi connectivity index (χ0n) is 15.8. The Labute approximate surface area is 167 Å². The molecule has 0 unspecified atom stereocenters. The summed E-state index contributed by atoms with van der Waals surface area (Å²) in [4.78, 5) is 23.7. The van der Waals surface area contributed by atoms with E-state index in [1.54, 1.807) is 29.4 Å². The lowest BCUT2D eigenvalue weighted by atomic mass is 9.98. The first-order valence-corrected chi connectivity index (χ1v) is 9.39. The lowest BCUT2D eigenvalue weighted by Gasteiger charge is -2.13. The molecule has 6 heteroatoms. The van der Waals surface area contributed by atoms with Crippen LogP contribution in [0.25, 0.3) is 5.69 Å². The van der Waals surface area contributed by atoms with E-state index in [9.17, 15) is 9.18 Å². The Morgan fingerprint density at radius 3 is 2.72 bits per heavy atom. The molecule has 142 valence electrons. The van der Waals surface area contributed by atoms with Crippen molar-refractivity contribution in [2.45, 2.75) is 13.0 Å². The summed E-state index contributed by atoms with van der Waals surface area (Å²) >= 11 is 0. The standard InChI is InChI=1S/C23H17FN4O/c1-3-15-8-9-19-17(12-15)20(16-6-4-5-7-18(16)24)26-14(2)22-21(25-13-28(19)22)23(29)27-10-11-27/h1,4-9,12-14H,10-11H2,2H3/t14-/m1/s1. The molecule has 0 radical (unpaired) electrons. The zero-order chi connectivity index (χ0) is 20.1. The van der Waals surface area contributed by atoms with E-state index in [0.717, 1.165) is 18.8 Å². The Hall–Kier alpha value is -3.72. The summed E-state index contributed by atoms with van der Waals surface area (Å²) in [5.41, 5.74) is 4.14. The first-order valence-electron chi connectivity index (χ1n) is 9.39. The number of hydrogen-bond acceptors (Lipinski definition) is 3. The number of imidazole rings is 1. The predicted octanol–water partition coefficient (Wildman–Crippen LogP) is 3.36. The number of halogens is 1. The third-order valence-corrected chi connectivity index (χ3v) is 5.27. The van der Waals surface area contributed by atoms with Gasteiger partial charge in [0.25, 0.3) is 5.91 Å². The van der Waals surface area contributed by atoms with Crippen molar-refractivity contribution in [1.82, 2.24) is 14.5 Å². The summed E-state index contributed by atoms with van der Waals surface area (Å²) in [5, 5.41) is 0. The second kappa shape index (κ2) is 6.42. The first-order chi connectivity index (χ1) is 14.1. The molecule has 1 saturated heterocycles. The molecular weight excluding hydrogens is 367 g/mol. The van der Waals surface area contributed by atoms with Gasteiger partial charge in [0, 0.05) is 29.8 Å². The van der Waals surface area contributed by atoms with Crippen LogP contribution < -0.4 is 0 Å². The third kappa shape index (κ3) is 2.74. The number of carbonyl (C=O) groups is 1. The number of nitrogens with zero attached hydrogens (tertiary/aromatic N) is 4. The molecule has 3 aromatic rings. The largest absolute Gasteiger partial charge is 0.334 e. The highest BCUT2D eigenvalue weighted by Crippen LogP contribution is 2.34. The van der Waals surface area contributed by atoms with Crippen LogP contribution in [0.4, 0.5) is 4.39 Å². The Morgan fingerprint density at radius 1 is 1.21 bits per heavy atom. The fourth-order valence-corrected chi connectivity index (χ4v) is 3.73. The molecule has 1 amide bonds. The van der Waals surface area contributed by atoms with Gasteiger partial charge in [0.05, 0.1) is 23.1 Å². The number of fused-ring (bicyclic) bond motifs is 3. The molecule has 0 N–H and O–H groups in total. The van der Waals surface area contributed by atoms with Crippen molar-refractivity contribution in [2.24, 2.45) is 4.99 Å². The van der Waals surface area contributed by atoms with Crippen LogP contribution in [-0.4, -0.2) is 39.2 Å². The van der Waals surface area contributed by atoms with Gasteiger partial charge >= 0.3 is 0 Å². The number of benzene rings is 2. The fraction of sp³-hybridized carbons (Fsp3) is 0.174. The van der Waals surface area contributed by atoms with Crippen molar-refractivity contribution in [2.75, 3.05) is 13.1 Å². The minimum atomic E-state index is -0.396. The molecule has 29 heavy (non-hydrogen) atoms. The SMILES string of the molecule is C#Cc1ccc2c(c1)C(c1ccccc1F)=N[C@H](C)c1c(C(=O)N3CC3)ncn1-2. The average molecular weight is 384 g/mol. The Balaban J connectivity index is 1.79. The molecule has 0 saturated carbocycles. The van der Waals surface area contributed by atoms with Crippen molar-refractivity contribution in [1.29, 1.82) is 0 Å². The summed E-state index contributed by atoms with van der Waals surface area (Å²) in [7, 11) is 0. The van der Waals surface area contributed by atoms with Crippen molar-refractivity contribution >= 4 is 11.6 Å². The molecule has 2 aliphatic heterocycles. The Bertz CT molecular complexity index is 1230. The minimum Gasteiger partial charge on any atom is -0.334 e. The van der Waals surface area contributed by atoms with Gasteiger partial charge < -0.3 is 4.90 Å². The predicted molar refractivity (Wildman–Crippen MR) is 108 cm³/mol. The first kappa shape index (κ1) is 17.4. The molecule has 5 rings (SSSR count). The van der Waals surface area contributed by atoms with Crippen LogP contribution in [0.15, 0.2) is 53.8 Å². The maximum Gasteiger partial charge on any atom is 0.274 e. The second-order valence-corrected chi connectivity index (χ2v) is 7.15. The normalized spacial score (nSPS) is 16.9. The van der Waals surface area contributed by atoms with Crippen LogP contribution in [0.1, 0.15) is 45.8 Å². The van der Waals surface area contributed by atoms with Crippen molar-refractivity contribution in [3.63, 3.8) is 0 Å². The van der Waals surface area contributed by atoms with Gasteiger partial charge in [0.15, 0.2) is 5.69 Å².